The minimum atomic E-state index is -4.81. The van der Waals surface area contributed by atoms with Gasteiger partial charge >= 0.3 is 12.2 Å². The fraction of sp³-hybridized carbons (Fsp3) is 0.533. The van der Waals surface area contributed by atoms with Gasteiger partial charge in [-0.25, -0.2) is 9.18 Å². The zero-order valence-corrected chi connectivity index (χ0v) is 13.3. The molecule has 0 aliphatic rings. The molecule has 0 aliphatic carbocycles. The number of likely N-dealkylation sites (N-methyl/N-ethyl adjacent to an activating group) is 1. The molecule has 1 atom stereocenters. The number of nitrogens with zero attached hydrogens (tertiary/aromatic N) is 1. The Labute approximate surface area is 132 Å². The van der Waals surface area contributed by atoms with Crippen molar-refractivity contribution in [2.45, 2.75) is 32.5 Å². The Morgan fingerprint density at radius 3 is 2.57 bits per heavy atom. The molecule has 1 rings (SSSR count). The number of anilines is 1. The molecule has 0 aliphatic heterocycles. The molecule has 2 N–H and O–H groups in total. The lowest BCUT2D eigenvalue weighted by Crippen LogP contribution is -2.38. The van der Waals surface area contributed by atoms with Crippen LogP contribution in [0, 0.1) is 5.82 Å². The van der Waals surface area contributed by atoms with Crippen LogP contribution < -0.4 is 10.6 Å². The number of benzene rings is 1. The summed E-state index contributed by atoms with van der Waals surface area (Å²) in [6.45, 7) is 5.06. The molecule has 23 heavy (non-hydrogen) atoms. The van der Waals surface area contributed by atoms with Crippen LogP contribution in [0.4, 0.5) is 28.0 Å². The highest BCUT2D eigenvalue weighted by atomic mass is 19.4. The fourth-order valence-corrected chi connectivity index (χ4v) is 1.87. The van der Waals surface area contributed by atoms with E-state index in [4.69, 9.17) is 0 Å². The number of halogens is 4. The van der Waals surface area contributed by atoms with Crippen LogP contribution in [0.25, 0.3) is 0 Å². The molecule has 1 aromatic carbocycles. The molecule has 0 heterocycles. The van der Waals surface area contributed by atoms with Crippen LogP contribution in [-0.2, 0) is 6.18 Å². The Morgan fingerprint density at radius 2 is 2.00 bits per heavy atom. The molecule has 1 aromatic rings. The van der Waals surface area contributed by atoms with E-state index in [0.717, 1.165) is 12.5 Å². The standard InChI is InChI=1S/C15H21F4N3O/c1-4-10(2)22(3)8-7-20-14(23)21-11-5-6-13(16)12(9-11)15(17,18)19/h5-6,9-10H,4,7-8H2,1-3H3,(H2,20,21,23). The third kappa shape index (κ3) is 6.05. The molecule has 1 unspecified atom stereocenters. The number of nitrogens with one attached hydrogen (secondary N) is 2. The van der Waals surface area contributed by atoms with Gasteiger partial charge in [-0.15, -0.1) is 0 Å². The van der Waals surface area contributed by atoms with Gasteiger partial charge in [-0.1, -0.05) is 6.92 Å². The number of amides is 2. The molecule has 4 nitrogen and oxygen atoms in total. The smallest absolute Gasteiger partial charge is 0.337 e. The summed E-state index contributed by atoms with van der Waals surface area (Å²) < 4.78 is 50.9. The third-order valence-corrected chi connectivity index (χ3v) is 3.62. The Balaban J connectivity index is 2.55. The normalized spacial score (nSPS) is 13.0. The van der Waals surface area contributed by atoms with Crippen LogP contribution in [0.1, 0.15) is 25.8 Å². The Morgan fingerprint density at radius 1 is 1.35 bits per heavy atom. The first-order valence-corrected chi connectivity index (χ1v) is 7.27. The highest BCUT2D eigenvalue weighted by molar-refractivity contribution is 5.89. The molecule has 0 saturated carbocycles. The SMILES string of the molecule is CCC(C)N(C)CCNC(=O)Nc1ccc(F)c(C(F)(F)F)c1. The van der Waals surface area contributed by atoms with Gasteiger partial charge in [0.05, 0.1) is 5.56 Å². The van der Waals surface area contributed by atoms with Crippen LogP contribution in [0.2, 0.25) is 0 Å². The summed E-state index contributed by atoms with van der Waals surface area (Å²) in [6, 6.07) is 2.05. The topological polar surface area (TPSA) is 44.4 Å². The van der Waals surface area contributed by atoms with E-state index in [1.54, 1.807) is 0 Å². The van der Waals surface area contributed by atoms with Gasteiger partial charge in [-0.2, -0.15) is 13.2 Å². The number of alkyl halides is 3. The first-order valence-electron chi connectivity index (χ1n) is 7.27. The second kappa shape index (κ2) is 8.14. The number of urea groups is 1. The van der Waals surface area contributed by atoms with Gasteiger partial charge in [-0.05, 0) is 38.6 Å². The van der Waals surface area contributed by atoms with Crippen molar-refractivity contribution in [3.63, 3.8) is 0 Å². The Kier molecular flexibility index (Phi) is 6.80. The minimum absolute atomic E-state index is 0.119. The predicted molar refractivity (Wildman–Crippen MR) is 80.8 cm³/mol. The van der Waals surface area contributed by atoms with Gasteiger partial charge in [0.2, 0.25) is 0 Å². The van der Waals surface area contributed by atoms with Crippen LogP contribution in [0.5, 0.6) is 0 Å². The van der Waals surface area contributed by atoms with E-state index >= 15 is 0 Å². The first-order chi connectivity index (χ1) is 10.6. The molecule has 0 aromatic heterocycles. The van der Waals surface area contributed by atoms with Gasteiger partial charge in [-0.3, -0.25) is 0 Å². The molecule has 130 valence electrons. The predicted octanol–water partition coefficient (Wildman–Crippen LogP) is 3.70. The highest BCUT2D eigenvalue weighted by Gasteiger charge is 2.34. The largest absolute Gasteiger partial charge is 0.419 e. The van der Waals surface area contributed by atoms with Crippen LogP contribution in [0.15, 0.2) is 18.2 Å². The van der Waals surface area contributed by atoms with Gasteiger partial charge < -0.3 is 15.5 Å². The van der Waals surface area contributed by atoms with Gasteiger partial charge in [0.15, 0.2) is 0 Å². The van der Waals surface area contributed by atoms with Crippen molar-refractivity contribution < 1.29 is 22.4 Å². The second-order valence-corrected chi connectivity index (χ2v) is 5.31. The van der Waals surface area contributed by atoms with E-state index in [2.05, 4.69) is 22.5 Å². The fourth-order valence-electron chi connectivity index (χ4n) is 1.87. The lowest BCUT2D eigenvalue weighted by atomic mass is 10.2. The minimum Gasteiger partial charge on any atom is -0.337 e. The van der Waals surface area contributed by atoms with Crippen molar-refractivity contribution in [1.29, 1.82) is 0 Å². The van der Waals surface area contributed by atoms with Crippen molar-refractivity contribution >= 4 is 11.7 Å². The highest BCUT2D eigenvalue weighted by Crippen LogP contribution is 2.32. The summed E-state index contributed by atoms with van der Waals surface area (Å²) in [5.41, 5.74) is -1.53. The number of hydrogen-bond donors (Lipinski definition) is 2. The summed E-state index contributed by atoms with van der Waals surface area (Å²) >= 11 is 0. The second-order valence-electron chi connectivity index (χ2n) is 5.31. The van der Waals surface area contributed by atoms with E-state index in [0.29, 0.717) is 31.3 Å². The van der Waals surface area contributed by atoms with Gasteiger partial charge in [0, 0.05) is 24.8 Å². The molecular formula is C15H21F4N3O. The summed E-state index contributed by atoms with van der Waals surface area (Å²) in [5.74, 6) is -1.38. The number of rotatable bonds is 6. The van der Waals surface area contributed by atoms with E-state index in [1.165, 1.54) is 0 Å². The maximum absolute atomic E-state index is 13.1. The average molecular weight is 335 g/mol. The maximum Gasteiger partial charge on any atom is 0.419 e. The van der Waals surface area contributed by atoms with Crippen LogP contribution in [0.3, 0.4) is 0 Å². The van der Waals surface area contributed by atoms with E-state index in [-0.39, 0.29) is 5.69 Å². The quantitative estimate of drug-likeness (QED) is 0.779. The summed E-state index contributed by atoms with van der Waals surface area (Å²) in [5, 5.41) is 4.81. The van der Waals surface area contributed by atoms with Crippen LogP contribution >= 0.6 is 0 Å². The lowest BCUT2D eigenvalue weighted by molar-refractivity contribution is -0.139. The zero-order valence-electron chi connectivity index (χ0n) is 13.3. The summed E-state index contributed by atoms with van der Waals surface area (Å²) in [4.78, 5) is 13.7. The molecule has 0 radical (unpaired) electrons. The third-order valence-electron chi connectivity index (χ3n) is 3.62. The average Bonchev–Trinajstić information content (AvgIpc) is 2.47. The van der Waals surface area contributed by atoms with E-state index < -0.39 is 23.6 Å². The van der Waals surface area contributed by atoms with Crippen molar-refractivity contribution in [3.05, 3.63) is 29.6 Å². The molecule has 0 saturated heterocycles. The van der Waals surface area contributed by atoms with Gasteiger partial charge in [0.25, 0.3) is 0 Å². The summed E-state index contributed by atoms with van der Waals surface area (Å²) in [7, 11) is 1.92. The number of carbonyl (C=O) groups is 1. The molecule has 8 heteroatoms. The summed E-state index contributed by atoms with van der Waals surface area (Å²) in [6.07, 6.45) is -3.84. The monoisotopic (exact) mass is 335 g/mol. The van der Waals surface area contributed by atoms with Crippen molar-refractivity contribution in [2.24, 2.45) is 0 Å². The molecule has 0 fully saturated rings. The van der Waals surface area contributed by atoms with Crippen molar-refractivity contribution in [1.82, 2.24) is 10.2 Å². The van der Waals surface area contributed by atoms with Gasteiger partial charge in [0.1, 0.15) is 5.82 Å². The Hall–Kier alpha value is -1.83. The molecule has 0 bridgehead atoms. The zero-order chi connectivity index (χ0) is 17.6. The van der Waals surface area contributed by atoms with Crippen molar-refractivity contribution in [2.75, 3.05) is 25.5 Å². The number of carbonyl (C=O) groups excluding carboxylic acids is 1. The molecule has 2 amide bonds. The van der Waals surface area contributed by atoms with Crippen LogP contribution in [-0.4, -0.2) is 37.1 Å². The maximum atomic E-state index is 13.1. The Bertz CT molecular complexity index is 534. The first kappa shape index (κ1) is 19.2. The van der Waals surface area contributed by atoms with E-state index in [1.807, 2.05) is 14.0 Å². The van der Waals surface area contributed by atoms with Crippen molar-refractivity contribution in [3.8, 4) is 0 Å². The number of hydrogen-bond acceptors (Lipinski definition) is 2. The lowest BCUT2D eigenvalue weighted by Gasteiger charge is -2.23. The molecule has 0 spiro atoms. The van der Waals surface area contributed by atoms with E-state index in [9.17, 15) is 22.4 Å². The molecular weight excluding hydrogens is 314 g/mol.